The van der Waals surface area contributed by atoms with Gasteiger partial charge in [-0.05, 0) is 47.8 Å². The van der Waals surface area contributed by atoms with Crippen LogP contribution >= 0.6 is 22.9 Å². The third-order valence-electron chi connectivity index (χ3n) is 2.85. The van der Waals surface area contributed by atoms with Crippen molar-refractivity contribution >= 4 is 33.0 Å². The molecule has 2 nitrogen and oxygen atoms in total. The number of hydrogen-bond donors (Lipinski definition) is 1. The van der Waals surface area contributed by atoms with Gasteiger partial charge in [0.05, 0.1) is 0 Å². The predicted molar refractivity (Wildman–Crippen MR) is 79.3 cm³/mol. The number of ether oxygens (including phenoxy) is 1. The monoisotopic (exact) mass is 290 g/mol. The average molecular weight is 291 g/mol. The van der Waals surface area contributed by atoms with E-state index in [1.165, 1.54) is 4.70 Å². The topological polar surface area (TPSA) is 29.5 Å². The molecule has 0 aliphatic rings. The van der Waals surface area contributed by atoms with E-state index < -0.39 is 0 Å². The molecule has 1 aromatic heterocycles. The van der Waals surface area contributed by atoms with Crippen LogP contribution in [0.3, 0.4) is 0 Å². The summed E-state index contributed by atoms with van der Waals surface area (Å²) in [4.78, 5) is 0. The van der Waals surface area contributed by atoms with Crippen molar-refractivity contribution in [2.24, 2.45) is 0 Å². The zero-order chi connectivity index (χ0) is 13.2. The van der Waals surface area contributed by atoms with Crippen LogP contribution in [0.1, 0.15) is 5.56 Å². The van der Waals surface area contributed by atoms with Gasteiger partial charge >= 0.3 is 0 Å². The van der Waals surface area contributed by atoms with Crippen molar-refractivity contribution in [2.75, 3.05) is 0 Å². The molecule has 0 bridgehead atoms. The molecule has 0 saturated heterocycles. The number of fused-ring (bicyclic) bond motifs is 1. The number of hydrogen-bond acceptors (Lipinski definition) is 3. The highest BCUT2D eigenvalue weighted by molar-refractivity contribution is 7.17. The summed E-state index contributed by atoms with van der Waals surface area (Å²) < 4.78 is 6.91. The standard InChI is InChI=1S/C15H11ClO2S/c16-11-1-6-15-14(7-11)10(9-19-15)8-18-13-4-2-12(17)3-5-13/h1-7,9,17H,8H2. The Hall–Kier alpha value is -1.71. The van der Waals surface area contributed by atoms with Gasteiger partial charge in [0, 0.05) is 20.7 Å². The summed E-state index contributed by atoms with van der Waals surface area (Å²) in [5.41, 5.74) is 1.12. The van der Waals surface area contributed by atoms with Gasteiger partial charge < -0.3 is 9.84 Å². The highest BCUT2D eigenvalue weighted by Crippen LogP contribution is 2.29. The molecule has 0 radical (unpaired) electrons. The molecule has 0 fully saturated rings. The van der Waals surface area contributed by atoms with Crippen molar-refractivity contribution in [1.29, 1.82) is 0 Å². The van der Waals surface area contributed by atoms with Crippen LogP contribution in [0, 0.1) is 0 Å². The first-order chi connectivity index (χ1) is 9.22. The summed E-state index contributed by atoms with van der Waals surface area (Å²) in [5, 5.41) is 13.2. The number of halogens is 1. The Kier molecular flexibility index (Phi) is 3.32. The maximum absolute atomic E-state index is 9.21. The van der Waals surface area contributed by atoms with Crippen LogP contribution in [0.5, 0.6) is 11.5 Å². The maximum atomic E-state index is 9.21. The Morgan fingerprint density at radius 2 is 1.89 bits per heavy atom. The lowest BCUT2D eigenvalue weighted by molar-refractivity contribution is 0.307. The lowest BCUT2D eigenvalue weighted by Crippen LogP contribution is -1.93. The van der Waals surface area contributed by atoms with Crippen LogP contribution in [-0.4, -0.2) is 5.11 Å². The molecule has 3 aromatic rings. The van der Waals surface area contributed by atoms with E-state index in [9.17, 15) is 5.11 Å². The van der Waals surface area contributed by atoms with Crippen LogP contribution < -0.4 is 4.74 Å². The van der Waals surface area contributed by atoms with Gasteiger partial charge in [-0.15, -0.1) is 11.3 Å². The van der Waals surface area contributed by atoms with Crippen LogP contribution in [0.2, 0.25) is 5.02 Å². The summed E-state index contributed by atoms with van der Waals surface area (Å²) in [6.07, 6.45) is 0. The van der Waals surface area contributed by atoms with Crippen LogP contribution in [0.15, 0.2) is 47.8 Å². The number of thiophene rings is 1. The zero-order valence-corrected chi connectivity index (χ0v) is 11.5. The lowest BCUT2D eigenvalue weighted by Gasteiger charge is -2.05. The minimum Gasteiger partial charge on any atom is -0.508 e. The van der Waals surface area contributed by atoms with Crippen molar-refractivity contribution in [3.63, 3.8) is 0 Å². The molecule has 0 aliphatic carbocycles. The molecule has 0 aliphatic heterocycles. The van der Waals surface area contributed by atoms with Crippen LogP contribution in [0.4, 0.5) is 0 Å². The summed E-state index contributed by atoms with van der Waals surface area (Å²) in [7, 11) is 0. The summed E-state index contributed by atoms with van der Waals surface area (Å²) in [5.74, 6) is 0.972. The molecule has 1 N–H and O–H groups in total. The van der Waals surface area contributed by atoms with Gasteiger partial charge in [-0.3, -0.25) is 0 Å². The fraction of sp³-hybridized carbons (Fsp3) is 0.0667. The van der Waals surface area contributed by atoms with Crippen LogP contribution in [-0.2, 0) is 6.61 Å². The fourth-order valence-electron chi connectivity index (χ4n) is 1.87. The highest BCUT2D eigenvalue weighted by atomic mass is 35.5. The van der Waals surface area contributed by atoms with Crippen molar-refractivity contribution in [2.45, 2.75) is 6.61 Å². The average Bonchev–Trinajstić information content (AvgIpc) is 2.80. The highest BCUT2D eigenvalue weighted by Gasteiger charge is 2.05. The molecule has 19 heavy (non-hydrogen) atoms. The van der Waals surface area contributed by atoms with Gasteiger partial charge in [0.1, 0.15) is 18.1 Å². The molecule has 0 atom stereocenters. The Balaban J connectivity index is 1.81. The van der Waals surface area contributed by atoms with Gasteiger partial charge in [-0.2, -0.15) is 0 Å². The second-order valence-electron chi connectivity index (χ2n) is 4.18. The Morgan fingerprint density at radius 1 is 1.11 bits per heavy atom. The zero-order valence-electron chi connectivity index (χ0n) is 9.97. The van der Waals surface area contributed by atoms with E-state index in [1.54, 1.807) is 35.6 Å². The third kappa shape index (κ3) is 2.67. The third-order valence-corrected chi connectivity index (χ3v) is 4.09. The largest absolute Gasteiger partial charge is 0.508 e. The smallest absolute Gasteiger partial charge is 0.120 e. The van der Waals surface area contributed by atoms with E-state index in [2.05, 4.69) is 5.38 Å². The van der Waals surface area contributed by atoms with Gasteiger partial charge in [0.15, 0.2) is 0 Å². The van der Waals surface area contributed by atoms with Gasteiger partial charge in [0.2, 0.25) is 0 Å². The molecule has 0 spiro atoms. The van der Waals surface area contributed by atoms with Crippen molar-refractivity contribution in [3.05, 3.63) is 58.4 Å². The van der Waals surface area contributed by atoms with E-state index in [0.29, 0.717) is 6.61 Å². The molecule has 1 heterocycles. The molecule has 4 heteroatoms. The first kappa shape index (κ1) is 12.3. The lowest BCUT2D eigenvalue weighted by atomic mass is 10.2. The second-order valence-corrected chi connectivity index (χ2v) is 5.53. The minimum atomic E-state index is 0.236. The molecular formula is C15H11ClO2S. The molecule has 0 unspecified atom stereocenters. The molecule has 2 aromatic carbocycles. The Labute approximate surface area is 119 Å². The predicted octanol–water partition coefficient (Wildman–Crippen LogP) is 4.84. The number of phenols is 1. The summed E-state index contributed by atoms with van der Waals surface area (Å²) in [6.45, 7) is 0.491. The minimum absolute atomic E-state index is 0.236. The number of rotatable bonds is 3. The Morgan fingerprint density at radius 3 is 2.68 bits per heavy atom. The molecule has 0 amide bonds. The van der Waals surface area contributed by atoms with Gasteiger partial charge in [-0.25, -0.2) is 0 Å². The summed E-state index contributed by atoms with van der Waals surface area (Å²) in [6, 6.07) is 12.6. The quantitative estimate of drug-likeness (QED) is 0.748. The molecule has 3 rings (SSSR count). The second kappa shape index (κ2) is 5.11. The van der Waals surface area contributed by atoms with Crippen molar-refractivity contribution in [3.8, 4) is 11.5 Å². The van der Waals surface area contributed by atoms with E-state index >= 15 is 0 Å². The number of phenolic OH excluding ortho intramolecular Hbond substituents is 1. The van der Waals surface area contributed by atoms with E-state index in [-0.39, 0.29) is 5.75 Å². The van der Waals surface area contributed by atoms with Crippen molar-refractivity contribution < 1.29 is 9.84 Å². The molecular weight excluding hydrogens is 280 g/mol. The van der Waals surface area contributed by atoms with E-state index in [0.717, 1.165) is 21.7 Å². The van der Waals surface area contributed by atoms with Crippen LogP contribution in [0.25, 0.3) is 10.1 Å². The first-order valence-electron chi connectivity index (χ1n) is 5.80. The van der Waals surface area contributed by atoms with E-state index in [1.807, 2.05) is 18.2 Å². The molecule has 96 valence electrons. The summed E-state index contributed by atoms with van der Waals surface area (Å²) >= 11 is 7.70. The van der Waals surface area contributed by atoms with Gasteiger partial charge in [-0.1, -0.05) is 11.6 Å². The molecule has 0 saturated carbocycles. The first-order valence-corrected chi connectivity index (χ1v) is 7.05. The van der Waals surface area contributed by atoms with Gasteiger partial charge in [0.25, 0.3) is 0 Å². The maximum Gasteiger partial charge on any atom is 0.120 e. The normalized spacial score (nSPS) is 10.8. The Bertz CT molecular complexity index is 704. The number of benzene rings is 2. The number of aromatic hydroxyl groups is 1. The SMILES string of the molecule is Oc1ccc(OCc2csc3ccc(Cl)cc23)cc1. The fourth-order valence-corrected chi connectivity index (χ4v) is 2.97. The van der Waals surface area contributed by atoms with Crippen molar-refractivity contribution in [1.82, 2.24) is 0 Å². The van der Waals surface area contributed by atoms with E-state index in [4.69, 9.17) is 16.3 Å².